The molecule has 0 aliphatic carbocycles. The Kier molecular flexibility index (Phi) is 10.7. The van der Waals surface area contributed by atoms with E-state index < -0.39 is 16.1 Å². The summed E-state index contributed by atoms with van der Waals surface area (Å²) in [5, 5.41) is 18.5. The van der Waals surface area contributed by atoms with E-state index >= 15 is 0 Å². The summed E-state index contributed by atoms with van der Waals surface area (Å²) < 4.78 is 26.9. The van der Waals surface area contributed by atoms with Crippen molar-refractivity contribution in [2.75, 3.05) is 54.9 Å². The van der Waals surface area contributed by atoms with Gasteiger partial charge in [-0.3, -0.25) is 19.0 Å². The summed E-state index contributed by atoms with van der Waals surface area (Å²) in [4.78, 5) is 41.8. The van der Waals surface area contributed by atoms with Gasteiger partial charge >= 0.3 is 5.97 Å². The molecule has 3 aromatic carbocycles. The molecule has 13 heteroatoms. The Morgan fingerprint density at radius 3 is 2.04 bits per heavy atom. The number of hydrogen-bond acceptors (Lipinski definition) is 8. The number of anilines is 3. The molecular weight excluding hydrogens is 598 g/mol. The second-order valence-electron chi connectivity index (χ2n) is 10.7. The Bertz CT molecular complexity index is 1680. The lowest BCUT2D eigenvalue weighted by molar-refractivity contribution is -0.121. The van der Waals surface area contributed by atoms with E-state index in [-0.39, 0.29) is 29.2 Å². The highest BCUT2D eigenvalue weighted by Crippen LogP contribution is 2.38. The molecule has 0 bridgehead atoms. The maximum atomic E-state index is 13.1. The standard InChI is InChI=1S/C30H31N5O4.C2H6O3S/c1-19(35-16-14-34(2)15-17-35)28(36)32-23-11-9-22(10-12-23)31-27(20-6-4-3-5-7-20)26-24-13-8-21(30(38)39)18-25(24)33-29(26)37;1-2-6(3,4)5/h3-13,18-19,31H,14-17H2,1-2H3,(H,32,36)(H,33,37)(H,38,39);2H2,1H3,(H,3,4,5)/b27-26-;. The molecule has 5 rings (SSSR count). The summed E-state index contributed by atoms with van der Waals surface area (Å²) in [6, 6.07) is 21.2. The van der Waals surface area contributed by atoms with Crippen LogP contribution in [-0.4, -0.2) is 90.7 Å². The number of hydrogen-bond donors (Lipinski definition) is 5. The van der Waals surface area contributed by atoms with E-state index in [4.69, 9.17) is 4.55 Å². The fourth-order valence-electron chi connectivity index (χ4n) is 4.84. The van der Waals surface area contributed by atoms with E-state index in [0.717, 1.165) is 37.4 Å². The molecule has 0 aromatic heterocycles. The molecule has 2 heterocycles. The lowest BCUT2D eigenvalue weighted by Crippen LogP contribution is -2.51. The first kappa shape index (κ1) is 33.3. The molecule has 5 N–H and O–H groups in total. The predicted molar refractivity (Wildman–Crippen MR) is 175 cm³/mol. The fraction of sp³-hybridized carbons (Fsp3) is 0.281. The summed E-state index contributed by atoms with van der Waals surface area (Å²) >= 11 is 0. The number of aromatic carboxylic acids is 1. The van der Waals surface area contributed by atoms with Crippen molar-refractivity contribution in [3.63, 3.8) is 0 Å². The van der Waals surface area contributed by atoms with Crippen molar-refractivity contribution in [1.82, 2.24) is 9.80 Å². The maximum Gasteiger partial charge on any atom is 0.335 e. The van der Waals surface area contributed by atoms with E-state index in [1.165, 1.54) is 19.1 Å². The number of carboxylic acid groups (broad SMARTS) is 1. The highest BCUT2D eigenvalue weighted by atomic mass is 32.2. The van der Waals surface area contributed by atoms with Gasteiger partial charge in [0, 0.05) is 43.1 Å². The summed E-state index contributed by atoms with van der Waals surface area (Å²) in [6.07, 6.45) is 0. The first-order valence-corrected chi connectivity index (χ1v) is 16.0. The molecule has 2 amide bonds. The molecule has 1 unspecified atom stereocenters. The molecule has 0 spiro atoms. The number of amides is 2. The molecule has 2 aliphatic heterocycles. The number of likely N-dealkylation sites (N-methyl/N-ethyl adjacent to an activating group) is 1. The fourth-order valence-corrected chi connectivity index (χ4v) is 4.84. The molecule has 3 aromatic rings. The second kappa shape index (κ2) is 14.5. The minimum atomic E-state index is -3.66. The Labute approximate surface area is 262 Å². The smallest absolute Gasteiger partial charge is 0.335 e. The number of nitrogens with zero attached hydrogens (tertiary/aromatic N) is 2. The maximum absolute atomic E-state index is 13.1. The molecule has 1 atom stereocenters. The number of nitrogens with one attached hydrogen (secondary N) is 3. The Morgan fingerprint density at radius 2 is 1.49 bits per heavy atom. The van der Waals surface area contributed by atoms with Crippen LogP contribution in [0.25, 0.3) is 11.3 Å². The van der Waals surface area contributed by atoms with Gasteiger partial charge in [0.25, 0.3) is 16.0 Å². The van der Waals surface area contributed by atoms with E-state index in [2.05, 4.69) is 32.8 Å². The first-order chi connectivity index (χ1) is 21.4. The average molecular weight is 636 g/mol. The van der Waals surface area contributed by atoms with Crippen LogP contribution in [0.1, 0.15) is 35.3 Å². The molecule has 1 fully saturated rings. The second-order valence-corrected chi connectivity index (χ2v) is 12.5. The molecule has 238 valence electrons. The van der Waals surface area contributed by atoms with Gasteiger partial charge in [-0.25, -0.2) is 4.79 Å². The summed E-state index contributed by atoms with van der Waals surface area (Å²) in [6.45, 7) is 6.91. The van der Waals surface area contributed by atoms with Gasteiger partial charge in [-0.05, 0) is 62.9 Å². The molecule has 1 saturated heterocycles. The first-order valence-electron chi connectivity index (χ1n) is 14.4. The van der Waals surface area contributed by atoms with E-state index in [9.17, 15) is 27.9 Å². The third kappa shape index (κ3) is 8.76. The monoisotopic (exact) mass is 635 g/mol. The van der Waals surface area contributed by atoms with E-state index in [1.54, 1.807) is 6.07 Å². The number of fused-ring (bicyclic) bond motifs is 1. The highest BCUT2D eigenvalue weighted by Gasteiger charge is 2.29. The lowest BCUT2D eigenvalue weighted by atomic mass is 9.99. The van der Waals surface area contributed by atoms with Crippen LogP contribution < -0.4 is 16.0 Å². The highest BCUT2D eigenvalue weighted by molar-refractivity contribution is 7.85. The number of carbonyl (C=O) groups excluding carboxylic acids is 2. The minimum Gasteiger partial charge on any atom is -0.478 e. The van der Waals surface area contributed by atoms with Gasteiger partial charge in [-0.1, -0.05) is 36.4 Å². The van der Waals surface area contributed by atoms with Crippen molar-refractivity contribution in [1.29, 1.82) is 0 Å². The number of carboxylic acids is 1. The topological polar surface area (TPSA) is 168 Å². The molecule has 45 heavy (non-hydrogen) atoms. The minimum absolute atomic E-state index is 0.0488. The Hall–Kier alpha value is -4.56. The van der Waals surface area contributed by atoms with Crippen molar-refractivity contribution < 1.29 is 32.5 Å². The van der Waals surface area contributed by atoms with Crippen LogP contribution in [0, 0.1) is 0 Å². The molecule has 0 saturated carbocycles. The van der Waals surface area contributed by atoms with Crippen LogP contribution in [0.5, 0.6) is 0 Å². The van der Waals surface area contributed by atoms with Crippen LogP contribution in [0.4, 0.5) is 17.1 Å². The SMILES string of the molecule is CC(C(=O)Nc1ccc(N/C(=C2\C(=O)Nc3cc(C(=O)O)ccc32)c2ccccc2)cc1)N1CCN(C)CC1.CCS(=O)(=O)O. The zero-order valence-electron chi connectivity index (χ0n) is 25.3. The normalized spacial score (nSPS) is 16.8. The summed E-state index contributed by atoms with van der Waals surface area (Å²) in [5.41, 5.74) is 4.42. The number of piperazine rings is 1. The van der Waals surface area contributed by atoms with Gasteiger partial charge in [-0.2, -0.15) is 8.42 Å². The van der Waals surface area contributed by atoms with E-state index in [0.29, 0.717) is 28.2 Å². The number of rotatable bonds is 8. The third-order valence-corrected chi connectivity index (χ3v) is 8.30. The predicted octanol–water partition coefficient (Wildman–Crippen LogP) is 3.79. The Morgan fingerprint density at radius 1 is 0.911 bits per heavy atom. The van der Waals surface area contributed by atoms with Crippen LogP contribution in [0.15, 0.2) is 72.8 Å². The van der Waals surface area contributed by atoms with Crippen molar-refractivity contribution >= 4 is 56.2 Å². The van der Waals surface area contributed by atoms with Crippen LogP contribution >= 0.6 is 0 Å². The molecular formula is C32H37N5O7S. The average Bonchev–Trinajstić information content (AvgIpc) is 3.35. The zero-order chi connectivity index (χ0) is 32.7. The van der Waals surface area contributed by atoms with Crippen molar-refractivity contribution in [2.45, 2.75) is 19.9 Å². The van der Waals surface area contributed by atoms with Gasteiger partial charge in [0.2, 0.25) is 5.91 Å². The largest absolute Gasteiger partial charge is 0.478 e. The molecule has 12 nitrogen and oxygen atoms in total. The lowest BCUT2D eigenvalue weighted by Gasteiger charge is -2.35. The van der Waals surface area contributed by atoms with Crippen LogP contribution in [0.2, 0.25) is 0 Å². The summed E-state index contributed by atoms with van der Waals surface area (Å²) in [7, 11) is -1.57. The van der Waals surface area contributed by atoms with Crippen LogP contribution in [-0.2, 0) is 19.7 Å². The Balaban J connectivity index is 0.000000700. The van der Waals surface area contributed by atoms with Crippen molar-refractivity contribution in [3.8, 4) is 0 Å². The van der Waals surface area contributed by atoms with Gasteiger partial charge < -0.3 is 26.0 Å². The molecule has 2 aliphatic rings. The zero-order valence-corrected chi connectivity index (χ0v) is 26.1. The van der Waals surface area contributed by atoms with Crippen molar-refractivity contribution in [2.24, 2.45) is 0 Å². The number of carbonyl (C=O) groups is 3. The van der Waals surface area contributed by atoms with Crippen molar-refractivity contribution in [3.05, 3.63) is 89.5 Å². The van der Waals surface area contributed by atoms with Gasteiger partial charge in [0.15, 0.2) is 0 Å². The van der Waals surface area contributed by atoms with Crippen LogP contribution in [0.3, 0.4) is 0 Å². The number of benzene rings is 3. The molecule has 0 radical (unpaired) electrons. The van der Waals surface area contributed by atoms with Gasteiger partial charge in [0.05, 0.1) is 34.3 Å². The summed E-state index contributed by atoms with van der Waals surface area (Å²) in [5.74, 6) is -1.63. The third-order valence-electron chi connectivity index (χ3n) is 7.58. The van der Waals surface area contributed by atoms with E-state index in [1.807, 2.05) is 61.5 Å². The van der Waals surface area contributed by atoms with Gasteiger partial charge in [-0.15, -0.1) is 0 Å². The van der Waals surface area contributed by atoms with Gasteiger partial charge in [0.1, 0.15) is 0 Å². The quantitative estimate of drug-likeness (QED) is 0.181.